The van der Waals surface area contributed by atoms with Crippen molar-refractivity contribution in [2.75, 3.05) is 11.0 Å². The second kappa shape index (κ2) is 9.80. The molecule has 2 rings (SSSR count). The first kappa shape index (κ1) is 21.3. The number of oxime groups is 1. The summed E-state index contributed by atoms with van der Waals surface area (Å²) in [6.45, 7) is 1.98. The topological polar surface area (TPSA) is 102 Å². The quantitative estimate of drug-likeness (QED) is 0.299. The number of nitrogens with one attached hydrogen (secondary N) is 1. The lowest BCUT2D eigenvalue weighted by molar-refractivity contribution is 0.0514. The fraction of sp³-hybridized carbons (Fsp3) is 0.250. The van der Waals surface area contributed by atoms with Crippen LogP contribution in [0.15, 0.2) is 59.8 Å². The van der Waals surface area contributed by atoms with Crippen LogP contribution >= 0.6 is 0 Å². The molecule has 0 saturated carbocycles. The Morgan fingerprint density at radius 3 is 2.21 bits per heavy atom. The highest BCUT2D eigenvalue weighted by Crippen LogP contribution is 2.14. The van der Waals surface area contributed by atoms with Crippen molar-refractivity contribution < 1.29 is 22.8 Å². The van der Waals surface area contributed by atoms with E-state index in [1.165, 1.54) is 24.3 Å². The second-order valence-electron chi connectivity index (χ2n) is 6.17. The fourth-order valence-electron chi connectivity index (χ4n) is 2.34. The molecule has 0 fully saturated rings. The molecule has 2 aromatic rings. The molecule has 0 aromatic heterocycles. The number of carbonyl (C=O) groups is 2. The third-order valence-electron chi connectivity index (χ3n) is 3.73. The molecule has 0 bridgehead atoms. The Hall–Kier alpha value is -3.00. The number of rotatable bonds is 9. The summed E-state index contributed by atoms with van der Waals surface area (Å²) in [5.41, 5.74) is 1.14. The summed E-state index contributed by atoms with van der Waals surface area (Å²) in [7, 11) is -3.40. The summed E-state index contributed by atoms with van der Waals surface area (Å²) < 4.78 is 24.9. The molecular formula is C20H22N2O5S. The third kappa shape index (κ3) is 6.62. The van der Waals surface area contributed by atoms with Gasteiger partial charge in [-0.3, -0.25) is 9.52 Å². The average molecular weight is 402 g/mol. The van der Waals surface area contributed by atoms with Gasteiger partial charge in [0.25, 0.3) is 0 Å². The van der Waals surface area contributed by atoms with Crippen LogP contribution in [0.4, 0.5) is 5.69 Å². The fourth-order valence-corrected chi connectivity index (χ4v) is 2.90. The lowest BCUT2D eigenvalue weighted by Crippen LogP contribution is -2.16. The van der Waals surface area contributed by atoms with Gasteiger partial charge in [0.05, 0.1) is 11.8 Å². The first-order chi connectivity index (χ1) is 13.3. The van der Waals surface area contributed by atoms with Crippen molar-refractivity contribution in [3.8, 4) is 0 Å². The van der Waals surface area contributed by atoms with Crippen LogP contribution in [0.5, 0.6) is 0 Å². The highest BCUT2D eigenvalue weighted by Gasteiger charge is 2.16. The van der Waals surface area contributed by atoms with Crippen molar-refractivity contribution in [3.05, 3.63) is 65.7 Å². The number of carbonyl (C=O) groups excluding carboxylic acids is 2. The summed E-state index contributed by atoms with van der Waals surface area (Å²) in [6.07, 6.45) is 2.96. The molecule has 0 amide bonds. The number of anilines is 1. The smallest absolute Gasteiger partial charge is 0.312 e. The Balaban J connectivity index is 2.17. The highest BCUT2D eigenvalue weighted by atomic mass is 32.2. The minimum absolute atomic E-state index is 0.134. The molecule has 0 saturated heterocycles. The van der Waals surface area contributed by atoms with Gasteiger partial charge < -0.3 is 4.84 Å². The SMILES string of the molecule is CCCC/C(=N\OC(=O)c1ccccc1)C(=O)c1ccc(NS(C)(=O)=O)cc1. The molecular weight excluding hydrogens is 380 g/mol. The van der Waals surface area contributed by atoms with E-state index in [0.29, 0.717) is 29.7 Å². The molecule has 0 atom stereocenters. The maximum Gasteiger partial charge on any atom is 0.365 e. The average Bonchev–Trinajstić information content (AvgIpc) is 2.67. The number of sulfonamides is 1. The van der Waals surface area contributed by atoms with Crippen molar-refractivity contribution in [2.45, 2.75) is 26.2 Å². The largest absolute Gasteiger partial charge is 0.365 e. The summed E-state index contributed by atoms with van der Waals surface area (Å²) in [4.78, 5) is 29.7. The molecule has 28 heavy (non-hydrogen) atoms. The number of hydrogen-bond donors (Lipinski definition) is 1. The summed E-state index contributed by atoms with van der Waals surface area (Å²) in [5, 5.41) is 3.80. The minimum atomic E-state index is -3.40. The molecule has 0 aliphatic carbocycles. The predicted octanol–water partition coefficient (Wildman–Crippen LogP) is 3.64. The minimum Gasteiger partial charge on any atom is -0.312 e. The normalized spacial score (nSPS) is 11.7. The molecule has 0 heterocycles. The predicted molar refractivity (Wildman–Crippen MR) is 108 cm³/mol. The van der Waals surface area contributed by atoms with E-state index in [4.69, 9.17) is 4.84 Å². The van der Waals surface area contributed by atoms with Crippen LogP contribution in [0, 0.1) is 0 Å². The molecule has 0 spiro atoms. The van der Waals surface area contributed by atoms with Gasteiger partial charge in [-0.15, -0.1) is 0 Å². The second-order valence-corrected chi connectivity index (χ2v) is 7.92. The van der Waals surface area contributed by atoms with Gasteiger partial charge in [0.15, 0.2) is 0 Å². The summed E-state index contributed by atoms with van der Waals surface area (Å²) in [5.74, 6) is -1.02. The number of ketones is 1. The number of hydrogen-bond acceptors (Lipinski definition) is 6. The van der Waals surface area contributed by atoms with E-state index in [0.717, 1.165) is 12.7 Å². The maximum absolute atomic E-state index is 12.7. The third-order valence-corrected chi connectivity index (χ3v) is 4.33. The van der Waals surface area contributed by atoms with Crippen LogP contribution in [0.25, 0.3) is 0 Å². The number of unbranched alkanes of at least 4 members (excludes halogenated alkanes) is 1. The first-order valence-electron chi connectivity index (χ1n) is 8.76. The zero-order valence-corrected chi connectivity index (χ0v) is 16.5. The lowest BCUT2D eigenvalue weighted by Gasteiger charge is -2.07. The molecule has 0 aliphatic rings. The molecule has 148 valence electrons. The Bertz CT molecular complexity index is 952. The van der Waals surface area contributed by atoms with Crippen molar-refractivity contribution >= 4 is 33.2 Å². The van der Waals surface area contributed by atoms with Gasteiger partial charge in [0, 0.05) is 11.3 Å². The zero-order valence-electron chi connectivity index (χ0n) is 15.7. The Labute approximate surface area is 164 Å². The maximum atomic E-state index is 12.7. The van der Waals surface area contributed by atoms with E-state index >= 15 is 0 Å². The number of Topliss-reactive ketones (excluding diaryl/α,β-unsaturated/α-hetero) is 1. The summed E-state index contributed by atoms with van der Waals surface area (Å²) >= 11 is 0. The van der Waals surface area contributed by atoms with Crippen LogP contribution < -0.4 is 4.72 Å². The van der Waals surface area contributed by atoms with Crippen molar-refractivity contribution in [1.82, 2.24) is 0 Å². The van der Waals surface area contributed by atoms with Crippen LogP contribution in [-0.2, 0) is 14.9 Å². The van der Waals surface area contributed by atoms with Crippen LogP contribution in [0.1, 0.15) is 46.9 Å². The number of nitrogens with zero attached hydrogens (tertiary/aromatic N) is 1. The Morgan fingerprint density at radius 1 is 1.00 bits per heavy atom. The zero-order chi connectivity index (χ0) is 20.6. The van der Waals surface area contributed by atoms with Gasteiger partial charge in [-0.05, 0) is 49.2 Å². The molecule has 0 unspecified atom stereocenters. The van der Waals surface area contributed by atoms with Gasteiger partial charge in [-0.1, -0.05) is 36.7 Å². The van der Waals surface area contributed by atoms with Crippen LogP contribution in [0.2, 0.25) is 0 Å². The van der Waals surface area contributed by atoms with E-state index in [2.05, 4.69) is 9.88 Å². The van der Waals surface area contributed by atoms with E-state index in [1.54, 1.807) is 30.3 Å². The molecule has 0 aliphatic heterocycles. The lowest BCUT2D eigenvalue weighted by atomic mass is 10.0. The van der Waals surface area contributed by atoms with E-state index < -0.39 is 16.0 Å². The van der Waals surface area contributed by atoms with Crippen LogP contribution in [-0.4, -0.2) is 32.1 Å². The van der Waals surface area contributed by atoms with E-state index in [9.17, 15) is 18.0 Å². The van der Waals surface area contributed by atoms with Gasteiger partial charge >= 0.3 is 5.97 Å². The van der Waals surface area contributed by atoms with E-state index in [1.807, 2.05) is 6.92 Å². The van der Waals surface area contributed by atoms with Crippen molar-refractivity contribution in [3.63, 3.8) is 0 Å². The standard InChI is InChI=1S/C20H22N2O5S/c1-3-4-10-18(21-27-20(24)16-8-6-5-7-9-16)19(23)15-11-13-17(14-12-15)22-28(2,25)26/h5-9,11-14,22H,3-4,10H2,1-2H3/b21-18+. The molecule has 8 heteroatoms. The van der Waals surface area contributed by atoms with Crippen molar-refractivity contribution in [1.29, 1.82) is 0 Å². The first-order valence-corrected chi connectivity index (χ1v) is 10.6. The van der Waals surface area contributed by atoms with Gasteiger partial charge in [0.2, 0.25) is 15.8 Å². The molecule has 2 aromatic carbocycles. The van der Waals surface area contributed by atoms with Gasteiger partial charge in [-0.2, -0.15) is 0 Å². The van der Waals surface area contributed by atoms with Crippen molar-refractivity contribution in [2.24, 2.45) is 5.16 Å². The Kier molecular flexibility index (Phi) is 7.45. The molecule has 7 nitrogen and oxygen atoms in total. The highest BCUT2D eigenvalue weighted by molar-refractivity contribution is 7.92. The van der Waals surface area contributed by atoms with Crippen LogP contribution in [0.3, 0.4) is 0 Å². The Morgan fingerprint density at radius 2 is 1.64 bits per heavy atom. The van der Waals surface area contributed by atoms with E-state index in [-0.39, 0.29) is 11.5 Å². The monoisotopic (exact) mass is 402 g/mol. The number of benzene rings is 2. The van der Waals surface area contributed by atoms with Gasteiger partial charge in [0.1, 0.15) is 5.71 Å². The van der Waals surface area contributed by atoms with Gasteiger partial charge in [-0.25, -0.2) is 13.2 Å². The molecule has 1 N–H and O–H groups in total. The summed E-state index contributed by atoms with van der Waals surface area (Å²) in [6, 6.07) is 14.3. The molecule has 0 radical (unpaired) electrons.